The van der Waals surface area contributed by atoms with Gasteiger partial charge in [-0.3, -0.25) is 5.10 Å². The van der Waals surface area contributed by atoms with Crippen LogP contribution < -0.4 is 4.74 Å². The first-order chi connectivity index (χ1) is 11.0. The average Bonchev–Trinajstić information content (AvgIpc) is 2.88. The van der Waals surface area contributed by atoms with Crippen molar-refractivity contribution in [1.82, 2.24) is 10.2 Å². The zero-order valence-corrected chi connectivity index (χ0v) is 14.7. The molecule has 0 spiro atoms. The van der Waals surface area contributed by atoms with E-state index in [-0.39, 0.29) is 11.5 Å². The number of aromatic nitrogens is 2. The number of phenols is 2. The van der Waals surface area contributed by atoms with Gasteiger partial charge in [0.05, 0.1) is 5.69 Å². The van der Waals surface area contributed by atoms with Gasteiger partial charge in [-0.25, -0.2) is 0 Å². The maximum Gasteiger partial charge on any atom is 0.176 e. The molecule has 0 amide bonds. The van der Waals surface area contributed by atoms with Gasteiger partial charge < -0.3 is 14.9 Å². The molecule has 6 heteroatoms. The van der Waals surface area contributed by atoms with Gasteiger partial charge in [0, 0.05) is 14.7 Å². The summed E-state index contributed by atoms with van der Waals surface area (Å²) in [4.78, 5) is 0. The predicted octanol–water partition coefficient (Wildman–Crippen LogP) is 4.50. The Morgan fingerprint density at radius 1 is 1.04 bits per heavy atom. The molecule has 0 radical (unpaired) electrons. The summed E-state index contributed by atoms with van der Waals surface area (Å²) in [6, 6.07) is 10.8. The summed E-state index contributed by atoms with van der Waals surface area (Å²) in [6.07, 6.45) is 0. The van der Waals surface area contributed by atoms with Crippen LogP contribution in [-0.4, -0.2) is 20.4 Å². The van der Waals surface area contributed by atoms with Crippen LogP contribution in [0.3, 0.4) is 0 Å². The summed E-state index contributed by atoms with van der Waals surface area (Å²) in [7, 11) is 0. The summed E-state index contributed by atoms with van der Waals surface area (Å²) in [6.45, 7) is 3.50. The Kier molecular flexibility index (Phi) is 4.16. The Bertz CT molecular complexity index is 857. The Morgan fingerprint density at radius 2 is 1.74 bits per heavy atom. The van der Waals surface area contributed by atoms with Gasteiger partial charge in [0.25, 0.3) is 0 Å². The van der Waals surface area contributed by atoms with Crippen LogP contribution in [0.25, 0.3) is 11.3 Å². The van der Waals surface area contributed by atoms with Crippen molar-refractivity contribution in [3.8, 4) is 34.3 Å². The van der Waals surface area contributed by atoms with Gasteiger partial charge in [-0.15, -0.1) is 0 Å². The molecule has 0 aliphatic heterocycles. The predicted molar refractivity (Wildman–Crippen MR) is 96.1 cm³/mol. The Balaban J connectivity index is 2.05. The lowest BCUT2D eigenvalue weighted by atomic mass is 10.1. The second-order valence-electron chi connectivity index (χ2n) is 5.19. The van der Waals surface area contributed by atoms with E-state index in [1.54, 1.807) is 13.0 Å². The molecule has 1 aromatic heterocycles. The van der Waals surface area contributed by atoms with Crippen molar-refractivity contribution in [3.63, 3.8) is 0 Å². The molecule has 0 aliphatic carbocycles. The molecule has 0 aliphatic rings. The maximum atomic E-state index is 10.3. The number of nitrogens with one attached hydrogen (secondary N) is 1. The third-order valence-electron chi connectivity index (χ3n) is 3.58. The molecule has 0 bridgehead atoms. The van der Waals surface area contributed by atoms with Crippen LogP contribution in [0.5, 0.6) is 23.0 Å². The minimum absolute atomic E-state index is 0.0102. The van der Waals surface area contributed by atoms with E-state index >= 15 is 0 Å². The zero-order valence-electron chi connectivity index (χ0n) is 12.6. The summed E-state index contributed by atoms with van der Waals surface area (Å²) in [5.41, 5.74) is 2.17. The molecule has 0 atom stereocenters. The van der Waals surface area contributed by atoms with Gasteiger partial charge >= 0.3 is 0 Å². The van der Waals surface area contributed by atoms with Gasteiger partial charge in [-0.2, -0.15) is 5.10 Å². The van der Waals surface area contributed by atoms with Crippen LogP contribution in [-0.2, 0) is 0 Å². The van der Waals surface area contributed by atoms with Crippen LogP contribution in [0, 0.1) is 17.4 Å². The van der Waals surface area contributed by atoms with Crippen LogP contribution in [0.15, 0.2) is 36.4 Å². The fourth-order valence-electron chi connectivity index (χ4n) is 2.23. The standard InChI is InChI=1S/C17H15IN2O3/c1-9-14(21)8-7-13(16(9)22)15-17(10(2)19-20-15)23-12-5-3-11(18)4-6-12/h3-8,21-22H,1-2H3,(H,19,20). The normalized spacial score (nSPS) is 10.7. The van der Waals surface area contributed by atoms with Gasteiger partial charge in [0.1, 0.15) is 22.9 Å². The number of ether oxygens (including phenoxy) is 1. The highest BCUT2D eigenvalue weighted by molar-refractivity contribution is 14.1. The largest absolute Gasteiger partial charge is 0.508 e. The Labute approximate surface area is 147 Å². The number of hydrogen-bond donors (Lipinski definition) is 3. The highest BCUT2D eigenvalue weighted by Gasteiger charge is 2.19. The number of nitrogens with zero attached hydrogens (tertiary/aromatic N) is 1. The van der Waals surface area contributed by atoms with E-state index in [1.165, 1.54) is 6.07 Å². The number of rotatable bonds is 3. The molecule has 3 aromatic rings. The minimum Gasteiger partial charge on any atom is -0.508 e. The van der Waals surface area contributed by atoms with Gasteiger partial charge in [0.2, 0.25) is 0 Å². The van der Waals surface area contributed by atoms with E-state index in [4.69, 9.17) is 4.74 Å². The second-order valence-corrected chi connectivity index (χ2v) is 6.43. The quantitative estimate of drug-likeness (QED) is 0.544. The molecule has 118 valence electrons. The molecular formula is C17H15IN2O3. The van der Waals surface area contributed by atoms with Crippen molar-refractivity contribution in [3.05, 3.63) is 51.2 Å². The molecule has 23 heavy (non-hydrogen) atoms. The summed E-state index contributed by atoms with van der Waals surface area (Å²) >= 11 is 2.23. The fourth-order valence-corrected chi connectivity index (χ4v) is 2.59. The highest BCUT2D eigenvalue weighted by Crippen LogP contribution is 2.41. The maximum absolute atomic E-state index is 10.3. The number of H-pyrrole nitrogens is 1. The molecule has 0 fully saturated rings. The number of phenolic OH excluding ortho intramolecular Hbond substituents is 2. The van der Waals surface area contributed by atoms with Crippen molar-refractivity contribution in [2.24, 2.45) is 0 Å². The van der Waals surface area contributed by atoms with Crippen molar-refractivity contribution in [2.75, 3.05) is 0 Å². The molecule has 0 saturated carbocycles. The van der Waals surface area contributed by atoms with Crippen LogP contribution in [0.1, 0.15) is 11.3 Å². The SMILES string of the molecule is Cc1[nH]nc(-c2ccc(O)c(C)c2O)c1Oc1ccc(I)cc1. The van der Waals surface area contributed by atoms with Gasteiger partial charge in [-0.05, 0) is 72.8 Å². The first-order valence-electron chi connectivity index (χ1n) is 6.97. The third kappa shape index (κ3) is 2.98. The van der Waals surface area contributed by atoms with Gasteiger partial charge in [0.15, 0.2) is 5.75 Å². The number of aryl methyl sites for hydroxylation is 1. The van der Waals surface area contributed by atoms with Crippen LogP contribution >= 0.6 is 22.6 Å². The number of benzene rings is 2. The number of aromatic amines is 1. The van der Waals surface area contributed by atoms with Crippen molar-refractivity contribution < 1.29 is 14.9 Å². The van der Waals surface area contributed by atoms with E-state index < -0.39 is 0 Å². The summed E-state index contributed by atoms with van der Waals surface area (Å²) < 4.78 is 7.06. The lowest BCUT2D eigenvalue weighted by molar-refractivity contribution is 0.443. The lowest BCUT2D eigenvalue weighted by Crippen LogP contribution is -1.89. The molecule has 3 N–H and O–H groups in total. The zero-order chi connectivity index (χ0) is 16.6. The average molecular weight is 422 g/mol. The number of halogens is 1. The Morgan fingerprint density at radius 3 is 2.43 bits per heavy atom. The van der Waals surface area contributed by atoms with Gasteiger partial charge in [-0.1, -0.05) is 0 Å². The summed E-state index contributed by atoms with van der Waals surface area (Å²) in [5, 5.41) is 27.1. The van der Waals surface area contributed by atoms with E-state index in [2.05, 4.69) is 32.8 Å². The molecule has 5 nitrogen and oxygen atoms in total. The second kappa shape index (κ2) is 6.11. The van der Waals surface area contributed by atoms with Crippen molar-refractivity contribution in [2.45, 2.75) is 13.8 Å². The number of aromatic hydroxyl groups is 2. The van der Waals surface area contributed by atoms with E-state index in [9.17, 15) is 10.2 Å². The monoisotopic (exact) mass is 422 g/mol. The molecule has 3 rings (SSSR count). The first kappa shape index (κ1) is 15.7. The molecule has 2 aromatic carbocycles. The molecule has 0 unspecified atom stereocenters. The van der Waals surface area contributed by atoms with Crippen molar-refractivity contribution >= 4 is 22.6 Å². The fraction of sp³-hybridized carbons (Fsp3) is 0.118. The van der Waals surface area contributed by atoms with Crippen LogP contribution in [0.4, 0.5) is 0 Å². The third-order valence-corrected chi connectivity index (χ3v) is 4.30. The highest BCUT2D eigenvalue weighted by atomic mass is 127. The topological polar surface area (TPSA) is 78.4 Å². The summed E-state index contributed by atoms with van der Waals surface area (Å²) in [5.74, 6) is 1.26. The van der Waals surface area contributed by atoms with Crippen molar-refractivity contribution in [1.29, 1.82) is 0 Å². The Hall–Kier alpha value is -2.22. The van der Waals surface area contributed by atoms with E-state index in [0.717, 1.165) is 9.26 Å². The molecule has 1 heterocycles. The number of hydrogen-bond acceptors (Lipinski definition) is 4. The van der Waals surface area contributed by atoms with E-state index in [0.29, 0.717) is 28.3 Å². The minimum atomic E-state index is -0.0102. The van der Waals surface area contributed by atoms with Crippen LogP contribution in [0.2, 0.25) is 0 Å². The smallest absolute Gasteiger partial charge is 0.176 e. The molecular weight excluding hydrogens is 407 g/mol. The first-order valence-corrected chi connectivity index (χ1v) is 8.05. The molecule has 0 saturated heterocycles. The van der Waals surface area contributed by atoms with E-state index in [1.807, 2.05) is 31.2 Å². The lowest BCUT2D eigenvalue weighted by Gasteiger charge is -2.10.